The number of anilines is 1. The summed E-state index contributed by atoms with van der Waals surface area (Å²) in [6.45, 7) is 2.86. The number of rotatable bonds is 4. The quantitative estimate of drug-likeness (QED) is 0.828. The SMILES string of the molecule is CN(C(C)(C)CO)S(=O)(=O)c1ccc(Cl)c(N)c1Cl. The minimum Gasteiger partial charge on any atom is -0.396 e. The summed E-state index contributed by atoms with van der Waals surface area (Å²) in [5, 5.41) is 9.33. The normalized spacial score (nSPS) is 13.0. The number of aliphatic hydroxyl groups is 1. The number of hydrogen-bond acceptors (Lipinski definition) is 4. The molecule has 0 saturated carbocycles. The summed E-state index contributed by atoms with van der Waals surface area (Å²) < 4.78 is 26.0. The number of aliphatic hydroxyl groups excluding tert-OH is 1. The van der Waals surface area contributed by atoms with Crippen LogP contribution in [0.3, 0.4) is 0 Å². The molecule has 0 spiro atoms. The van der Waals surface area contributed by atoms with E-state index in [1.54, 1.807) is 13.8 Å². The molecule has 19 heavy (non-hydrogen) atoms. The maximum Gasteiger partial charge on any atom is 0.244 e. The first kappa shape index (κ1) is 16.5. The number of nitrogen functional groups attached to an aromatic ring is 1. The lowest BCUT2D eigenvalue weighted by Crippen LogP contribution is -2.47. The predicted molar refractivity (Wildman–Crippen MR) is 77.0 cm³/mol. The van der Waals surface area contributed by atoms with Gasteiger partial charge in [-0.05, 0) is 26.0 Å². The molecule has 108 valence electrons. The van der Waals surface area contributed by atoms with E-state index in [2.05, 4.69) is 0 Å². The fourth-order valence-corrected chi connectivity index (χ4v) is 3.56. The molecular weight excluding hydrogens is 311 g/mol. The van der Waals surface area contributed by atoms with E-state index in [1.165, 1.54) is 19.2 Å². The molecule has 0 unspecified atom stereocenters. The summed E-state index contributed by atoms with van der Waals surface area (Å²) in [6.07, 6.45) is 0. The molecule has 8 heteroatoms. The van der Waals surface area contributed by atoms with Crippen molar-refractivity contribution in [3.63, 3.8) is 0 Å². The summed E-state index contributed by atoms with van der Waals surface area (Å²) >= 11 is 11.7. The third kappa shape index (κ3) is 2.98. The van der Waals surface area contributed by atoms with Crippen LogP contribution in [0, 0.1) is 0 Å². The van der Waals surface area contributed by atoms with Gasteiger partial charge in [0, 0.05) is 7.05 Å². The Morgan fingerprint density at radius 1 is 1.37 bits per heavy atom. The standard InChI is InChI=1S/C11H16Cl2N2O3S/c1-11(2,6-16)15(3)19(17,18)8-5-4-7(12)10(14)9(8)13/h4-5,16H,6,14H2,1-3H3. The Labute approximate surface area is 123 Å². The Morgan fingerprint density at radius 2 is 1.89 bits per heavy atom. The Balaban J connectivity index is 3.41. The minimum atomic E-state index is -3.88. The van der Waals surface area contributed by atoms with E-state index in [4.69, 9.17) is 28.9 Å². The first-order valence-electron chi connectivity index (χ1n) is 5.39. The first-order chi connectivity index (χ1) is 8.55. The predicted octanol–water partition coefficient (Wildman–Crippen LogP) is 1.97. The molecule has 1 aromatic rings. The van der Waals surface area contributed by atoms with Crippen LogP contribution >= 0.6 is 23.2 Å². The molecule has 0 saturated heterocycles. The van der Waals surface area contributed by atoms with Gasteiger partial charge in [-0.3, -0.25) is 0 Å². The largest absolute Gasteiger partial charge is 0.396 e. The van der Waals surface area contributed by atoms with E-state index >= 15 is 0 Å². The summed E-state index contributed by atoms with van der Waals surface area (Å²) in [5.41, 5.74) is 4.68. The molecular formula is C11H16Cl2N2O3S. The molecule has 0 aromatic heterocycles. The van der Waals surface area contributed by atoms with Gasteiger partial charge in [0.2, 0.25) is 10.0 Å². The molecule has 0 fully saturated rings. The summed E-state index contributed by atoms with van der Waals surface area (Å²) in [5.74, 6) is 0. The average molecular weight is 327 g/mol. The van der Waals surface area contributed by atoms with E-state index in [0.717, 1.165) is 4.31 Å². The van der Waals surface area contributed by atoms with Gasteiger partial charge in [0.25, 0.3) is 0 Å². The van der Waals surface area contributed by atoms with Gasteiger partial charge in [0.1, 0.15) is 4.90 Å². The Kier molecular flexibility index (Phi) is 4.75. The number of benzene rings is 1. The molecule has 0 aliphatic heterocycles. The van der Waals surface area contributed by atoms with Crippen molar-refractivity contribution in [2.45, 2.75) is 24.3 Å². The van der Waals surface area contributed by atoms with Crippen LogP contribution in [0.2, 0.25) is 10.0 Å². The van der Waals surface area contributed by atoms with Crippen molar-refractivity contribution in [1.29, 1.82) is 0 Å². The Bertz CT molecular complexity index is 588. The van der Waals surface area contributed by atoms with E-state index in [9.17, 15) is 13.5 Å². The zero-order chi connectivity index (χ0) is 15.0. The van der Waals surface area contributed by atoms with Crippen LogP contribution in [0.4, 0.5) is 5.69 Å². The van der Waals surface area contributed by atoms with Gasteiger partial charge in [-0.1, -0.05) is 23.2 Å². The molecule has 0 heterocycles. The van der Waals surface area contributed by atoms with Gasteiger partial charge in [-0.25, -0.2) is 8.42 Å². The second-order valence-corrected chi connectivity index (χ2v) is 7.44. The Hall–Kier alpha value is -0.530. The highest BCUT2D eigenvalue weighted by atomic mass is 35.5. The van der Waals surface area contributed by atoms with Crippen molar-refractivity contribution in [2.75, 3.05) is 19.4 Å². The van der Waals surface area contributed by atoms with Gasteiger partial charge < -0.3 is 10.8 Å². The first-order valence-corrected chi connectivity index (χ1v) is 7.58. The molecule has 3 N–H and O–H groups in total. The number of sulfonamides is 1. The van der Waals surface area contributed by atoms with Crippen LogP contribution in [0.1, 0.15) is 13.8 Å². The smallest absolute Gasteiger partial charge is 0.244 e. The van der Waals surface area contributed by atoms with Crippen molar-refractivity contribution in [3.8, 4) is 0 Å². The van der Waals surface area contributed by atoms with Crippen molar-refractivity contribution in [2.24, 2.45) is 0 Å². The van der Waals surface area contributed by atoms with E-state index in [1.807, 2.05) is 0 Å². The molecule has 0 atom stereocenters. The molecule has 0 aliphatic rings. The van der Waals surface area contributed by atoms with Gasteiger partial charge in [-0.2, -0.15) is 4.31 Å². The monoisotopic (exact) mass is 326 g/mol. The van der Waals surface area contributed by atoms with Crippen LogP contribution in [-0.4, -0.2) is 37.0 Å². The lowest BCUT2D eigenvalue weighted by atomic mass is 10.1. The molecule has 1 rings (SSSR count). The van der Waals surface area contributed by atoms with Crippen molar-refractivity contribution in [3.05, 3.63) is 22.2 Å². The third-order valence-electron chi connectivity index (χ3n) is 2.97. The minimum absolute atomic E-state index is 0.0135. The maximum absolute atomic E-state index is 12.5. The number of halogens is 2. The lowest BCUT2D eigenvalue weighted by molar-refractivity contribution is 0.138. The Morgan fingerprint density at radius 3 is 2.37 bits per heavy atom. The van der Waals surface area contributed by atoms with Crippen LogP contribution in [0.5, 0.6) is 0 Å². The third-order valence-corrected chi connectivity index (χ3v) is 5.93. The van der Waals surface area contributed by atoms with Crippen molar-refractivity contribution >= 4 is 38.9 Å². The fourth-order valence-electron chi connectivity index (χ4n) is 1.32. The van der Waals surface area contributed by atoms with Crippen LogP contribution in [0.25, 0.3) is 0 Å². The van der Waals surface area contributed by atoms with Crippen LogP contribution < -0.4 is 5.73 Å². The fraction of sp³-hybridized carbons (Fsp3) is 0.455. The number of likely N-dealkylation sites (N-methyl/N-ethyl adjacent to an activating group) is 1. The highest BCUT2D eigenvalue weighted by Gasteiger charge is 2.35. The summed E-state index contributed by atoms with van der Waals surface area (Å²) in [6, 6.07) is 2.66. The highest BCUT2D eigenvalue weighted by Crippen LogP contribution is 2.35. The van der Waals surface area contributed by atoms with E-state index in [-0.39, 0.29) is 27.2 Å². The van der Waals surface area contributed by atoms with Crippen LogP contribution in [0.15, 0.2) is 17.0 Å². The van der Waals surface area contributed by atoms with Gasteiger partial charge >= 0.3 is 0 Å². The molecule has 0 amide bonds. The molecule has 0 aliphatic carbocycles. The van der Waals surface area contributed by atoms with Crippen LogP contribution in [-0.2, 0) is 10.0 Å². The van der Waals surface area contributed by atoms with Gasteiger partial charge in [0.05, 0.1) is 27.9 Å². The second-order valence-electron chi connectivity index (χ2n) is 4.72. The number of hydrogen-bond donors (Lipinski definition) is 2. The number of nitrogens with two attached hydrogens (primary N) is 1. The van der Waals surface area contributed by atoms with Gasteiger partial charge in [-0.15, -0.1) is 0 Å². The highest BCUT2D eigenvalue weighted by molar-refractivity contribution is 7.89. The molecule has 1 aromatic carbocycles. The van der Waals surface area contributed by atoms with Crippen molar-refractivity contribution < 1.29 is 13.5 Å². The van der Waals surface area contributed by atoms with E-state index < -0.39 is 15.6 Å². The molecule has 0 radical (unpaired) electrons. The zero-order valence-electron chi connectivity index (χ0n) is 10.8. The lowest BCUT2D eigenvalue weighted by Gasteiger charge is -2.33. The average Bonchev–Trinajstić information content (AvgIpc) is 2.34. The molecule has 5 nitrogen and oxygen atoms in total. The van der Waals surface area contributed by atoms with Gasteiger partial charge in [0.15, 0.2) is 0 Å². The topological polar surface area (TPSA) is 83.6 Å². The zero-order valence-corrected chi connectivity index (χ0v) is 13.1. The summed E-state index contributed by atoms with van der Waals surface area (Å²) in [7, 11) is -2.51. The second kappa shape index (κ2) is 5.46. The van der Waals surface area contributed by atoms with Crippen molar-refractivity contribution in [1.82, 2.24) is 4.31 Å². The maximum atomic E-state index is 12.5. The molecule has 0 bridgehead atoms. The van der Waals surface area contributed by atoms with E-state index in [0.29, 0.717) is 0 Å². The summed E-state index contributed by atoms with van der Waals surface area (Å²) in [4.78, 5) is -0.139. The number of nitrogens with zero attached hydrogens (tertiary/aromatic N) is 1.